The number of aliphatic carboxylic acids is 2. The van der Waals surface area contributed by atoms with Gasteiger partial charge in [0.05, 0.1) is 12.5 Å². The number of carboxylic acids is 2. The van der Waals surface area contributed by atoms with E-state index in [2.05, 4.69) is 0 Å². The second-order valence-corrected chi connectivity index (χ2v) is 2.40. The van der Waals surface area contributed by atoms with Crippen molar-refractivity contribution in [2.24, 2.45) is 11.7 Å². The van der Waals surface area contributed by atoms with Crippen molar-refractivity contribution >= 4 is 11.9 Å². The fraction of sp³-hybridized carbons (Fsp3) is 0.667. The summed E-state index contributed by atoms with van der Waals surface area (Å²) in [5.41, 5.74) is 5.06. The van der Waals surface area contributed by atoms with E-state index in [0.29, 0.717) is 0 Å². The second-order valence-electron chi connectivity index (χ2n) is 2.40. The summed E-state index contributed by atoms with van der Waals surface area (Å²) < 4.78 is 0. The van der Waals surface area contributed by atoms with Crippen molar-refractivity contribution in [3.05, 3.63) is 0 Å². The molecule has 0 aromatic rings. The van der Waals surface area contributed by atoms with Crippen LogP contribution in [0, 0.1) is 5.92 Å². The first-order chi connectivity index (χ1) is 5.49. The molecule has 0 amide bonds. The van der Waals surface area contributed by atoms with Crippen molar-refractivity contribution in [1.82, 2.24) is 0 Å². The summed E-state index contributed by atoms with van der Waals surface area (Å²) in [6.45, 7) is -0.601. The number of hydrogen-bond acceptors (Lipinski definition) is 4. The van der Waals surface area contributed by atoms with Gasteiger partial charge in [-0.25, -0.2) is 0 Å². The summed E-state index contributed by atoms with van der Waals surface area (Å²) in [5, 5.41) is 25.2. The summed E-state index contributed by atoms with van der Waals surface area (Å²) >= 11 is 0. The molecule has 0 aliphatic heterocycles. The highest BCUT2D eigenvalue weighted by Gasteiger charge is 2.23. The van der Waals surface area contributed by atoms with Gasteiger partial charge in [-0.1, -0.05) is 0 Å². The zero-order valence-electron chi connectivity index (χ0n) is 6.30. The first kappa shape index (κ1) is 10.9. The number of hydrogen-bond donors (Lipinski definition) is 4. The van der Waals surface area contributed by atoms with E-state index in [0.717, 1.165) is 0 Å². The molecule has 0 rings (SSSR count). The van der Waals surface area contributed by atoms with E-state index < -0.39 is 30.5 Å². The molecule has 0 fully saturated rings. The third kappa shape index (κ3) is 3.31. The summed E-state index contributed by atoms with van der Waals surface area (Å²) in [6.07, 6.45) is -0.263. The highest BCUT2D eigenvalue weighted by Crippen LogP contribution is 2.04. The molecule has 12 heavy (non-hydrogen) atoms. The zero-order valence-corrected chi connectivity index (χ0v) is 6.30. The van der Waals surface area contributed by atoms with Crippen LogP contribution in [-0.2, 0) is 9.59 Å². The molecule has 0 aliphatic rings. The third-order valence-electron chi connectivity index (χ3n) is 1.43. The normalized spacial score (nSPS) is 15.2. The highest BCUT2D eigenvalue weighted by atomic mass is 16.4. The fourth-order valence-electron chi connectivity index (χ4n) is 0.661. The molecule has 0 aromatic heterocycles. The van der Waals surface area contributed by atoms with Gasteiger partial charge in [0.1, 0.15) is 6.04 Å². The quantitative estimate of drug-likeness (QED) is 0.404. The minimum absolute atomic E-state index is 0.263. The lowest BCUT2D eigenvalue weighted by atomic mass is 10.0. The Morgan fingerprint density at radius 3 is 2.00 bits per heavy atom. The van der Waals surface area contributed by atoms with Gasteiger partial charge in [0.25, 0.3) is 0 Å². The maximum atomic E-state index is 10.3. The largest absolute Gasteiger partial charge is 0.481 e. The zero-order chi connectivity index (χ0) is 9.72. The number of aliphatic hydroxyl groups is 1. The molecular formula is C6H11NO5. The van der Waals surface area contributed by atoms with Crippen molar-refractivity contribution in [2.45, 2.75) is 12.5 Å². The molecule has 6 heteroatoms. The van der Waals surface area contributed by atoms with Crippen molar-refractivity contribution in [1.29, 1.82) is 0 Å². The first-order valence-corrected chi connectivity index (χ1v) is 3.31. The van der Waals surface area contributed by atoms with Crippen LogP contribution in [0.3, 0.4) is 0 Å². The van der Waals surface area contributed by atoms with Gasteiger partial charge in [-0.2, -0.15) is 0 Å². The van der Waals surface area contributed by atoms with Crippen LogP contribution in [0.1, 0.15) is 6.42 Å². The monoisotopic (exact) mass is 177 g/mol. The molecule has 2 atom stereocenters. The molecule has 0 aliphatic carbocycles. The predicted octanol–water partition coefficient (Wildman–Crippen LogP) is -1.52. The topological polar surface area (TPSA) is 121 Å². The average molecular weight is 177 g/mol. The predicted molar refractivity (Wildman–Crippen MR) is 38.4 cm³/mol. The summed E-state index contributed by atoms with van der Waals surface area (Å²) in [4.78, 5) is 20.5. The first-order valence-electron chi connectivity index (χ1n) is 3.31. The van der Waals surface area contributed by atoms with Gasteiger partial charge in [0, 0.05) is 0 Å². The Bertz CT molecular complexity index is 181. The van der Waals surface area contributed by atoms with Gasteiger partial charge < -0.3 is 21.1 Å². The van der Waals surface area contributed by atoms with E-state index in [1.807, 2.05) is 0 Å². The Hall–Kier alpha value is -1.14. The number of aliphatic hydroxyl groups excluding tert-OH is 1. The lowest BCUT2D eigenvalue weighted by molar-refractivity contribution is -0.144. The smallest absolute Gasteiger partial charge is 0.320 e. The lowest BCUT2D eigenvalue weighted by Gasteiger charge is -2.11. The number of carboxylic acid groups (broad SMARTS) is 2. The molecule has 70 valence electrons. The molecule has 0 radical (unpaired) electrons. The summed E-state index contributed by atoms with van der Waals surface area (Å²) in [5.74, 6) is -3.61. The Morgan fingerprint density at radius 1 is 1.25 bits per heavy atom. The van der Waals surface area contributed by atoms with Crippen LogP contribution >= 0.6 is 0 Å². The number of rotatable bonds is 5. The lowest BCUT2D eigenvalue weighted by Crippen LogP contribution is -2.35. The molecule has 0 saturated heterocycles. The van der Waals surface area contributed by atoms with Gasteiger partial charge >= 0.3 is 11.9 Å². The van der Waals surface area contributed by atoms with Crippen LogP contribution in [-0.4, -0.2) is 39.9 Å². The van der Waals surface area contributed by atoms with Crippen LogP contribution in [0.2, 0.25) is 0 Å². The van der Waals surface area contributed by atoms with E-state index in [9.17, 15) is 9.59 Å². The molecule has 0 unspecified atom stereocenters. The Kier molecular flexibility index (Phi) is 4.24. The van der Waals surface area contributed by atoms with Crippen LogP contribution < -0.4 is 5.73 Å². The Labute approximate surface area is 68.6 Å². The summed E-state index contributed by atoms with van der Waals surface area (Å²) in [6, 6.07) is -1.24. The van der Waals surface area contributed by atoms with E-state index in [1.54, 1.807) is 0 Å². The second kappa shape index (κ2) is 4.68. The SMILES string of the molecule is N[C@@H](C[C@@H](CO)C(=O)O)C(=O)O. The van der Waals surface area contributed by atoms with Crippen LogP contribution in [0.4, 0.5) is 0 Å². The summed E-state index contributed by atoms with van der Waals surface area (Å²) in [7, 11) is 0. The van der Waals surface area contributed by atoms with Crippen molar-refractivity contribution in [3.8, 4) is 0 Å². The van der Waals surface area contributed by atoms with E-state index >= 15 is 0 Å². The van der Waals surface area contributed by atoms with Gasteiger partial charge in [0.2, 0.25) is 0 Å². The van der Waals surface area contributed by atoms with Crippen molar-refractivity contribution < 1.29 is 24.9 Å². The highest BCUT2D eigenvalue weighted by molar-refractivity contribution is 5.75. The van der Waals surface area contributed by atoms with E-state index in [1.165, 1.54) is 0 Å². The molecule has 0 saturated carbocycles. The minimum atomic E-state index is -1.27. The molecule has 6 nitrogen and oxygen atoms in total. The van der Waals surface area contributed by atoms with Gasteiger partial charge in [-0.3, -0.25) is 9.59 Å². The molecule has 0 spiro atoms. The third-order valence-corrected chi connectivity index (χ3v) is 1.43. The molecule has 0 heterocycles. The van der Waals surface area contributed by atoms with Crippen LogP contribution in [0.15, 0.2) is 0 Å². The van der Waals surface area contributed by atoms with Crippen molar-refractivity contribution in [2.75, 3.05) is 6.61 Å². The number of nitrogens with two attached hydrogens (primary N) is 1. The average Bonchev–Trinajstić information content (AvgIpc) is 1.98. The van der Waals surface area contributed by atoms with Gasteiger partial charge in [-0.05, 0) is 6.42 Å². The fourth-order valence-corrected chi connectivity index (χ4v) is 0.661. The van der Waals surface area contributed by atoms with E-state index in [-0.39, 0.29) is 6.42 Å². The van der Waals surface area contributed by atoms with Gasteiger partial charge in [-0.15, -0.1) is 0 Å². The van der Waals surface area contributed by atoms with Crippen LogP contribution in [0.25, 0.3) is 0 Å². The Balaban J connectivity index is 4.02. The maximum Gasteiger partial charge on any atom is 0.320 e. The minimum Gasteiger partial charge on any atom is -0.481 e. The molecular weight excluding hydrogens is 166 g/mol. The molecule has 0 bridgehead atoms. The van der Waals surface area contributed by atoms with Crippen molar-refractivity contribution in [3.63, 3.8) is 0 Å². The standard InChI is InChI=1S/C6H11NO5/c7-4(6(11)12)1-3(2-8)5(9)10/h3-4,8H,1-2,7H2,(H,9,10)(H,11,12)/t3-,4-/m0/s1. The molecule has 5 N–H and O–H groups in total. The van der Waals surface area contributed by atoms with Gasteiger partial charge in [0.15, 0.2) is 0 Å². The Morgan fingerprint density at radius 2 is 1.75 bits per heavy atom. The molecule has 0 aromatic carbocycles. The maximum absolute atomic E-state index is 10.3. The van der Waals surface area contributed by atoms with E-state index in [4.69, 9.17) is 21.1 Å². The number of carbonyl (C=O) groups is 2. The van der Waals surface area contributed by atoms with Crippen LogP contribution in [0.5, 0.6) is 0 Å².